The van der Waals surface area contributed by atoms with Crippen LogP contribution in [0.15, 0.2) is 0 Å². The smallest absolute Gasteiger partial charge is 0.0495 e. The van der Waals surface area contributed by atoms with Gasteiger partial charge in [0.2, 0.25) is 0 Å². The molecule has 2 rings (SSSR count). The van der Waals surface area contributed by atoms with Crippen molar-refractivity contribution in [2.45, 2.75) is 71.3 Å². The van der Waals surface area contributed by atoms with Gasteiger partial charge < -0.3 is 10.1 Å². The average molecular weight is 267 g/mol. The SMILES string of the molecule is CCCNC(CC1CCOC1)C1CCCC(CC)C1. The number of hydrogen-bond acceptors (Lipinski definition) is 2. The topological polar surface area (TPSA) is 21.3 Å². The van der Waals surface area contributed by atoms with Crippen molar-refractivity contribution in [1.82, 2.24) is 5.32 Å². The van der Waals surface area contributed by atoms with E-state index >= 15 is 0 Å². The van der Waals surface area contributed by atoms with Crippen LogP contribution in [0.5, 0.6) is 0 Å². The van der Waals surface area contributed by atoms with Crippen molar-refractivity contribution in [2.75, 3.05) is 19.8 Å². The molecule has 2 nitrogen and oxygen atoms in total. The molecule has 0 aromatic rings. The van der Waals surface area contributed by atoms with Crippen LogP contribution in [0, 0.1) is 17.8 Å². The first-order valence-corrected chi connectivity index (χ1v) is 8.64. The molecular weight excluding hydrogens is 234 g/mol. The third-order valence-corrected chi connectivity index (χ3v) is 5.24. The van der Waals surface area contributed by atoms with E-state index in [0.29, 0.717) is 0 Å². The Morgan fingerprint density at radius 2 is 2.05 bits per heavy atom. The molecule has 0 spiro atoms. The Balaban J connectivity index is 1.87. The molecule has 112 valence electrons. The summed E-state index contributed by atoms with van der Waals surface area (Å²) in [6.45, 7) is 7.83. The number of rotatable bonds is 7. The highest BCUT2D eigenvalue weighted by Crippen LogP contribution is 2.35. The van der Waals surface area contributed by atoms with Crippen molar-refractivity contribution >= 4 is 0 Å². The highest BCUT2D eigenvalue weighted by molar-refractivity contribution is 4.85. The summed E-state index contributed by atoms with van der Waals surface area (Å²) in [6, 6.07) is 0.751. The molecule has 0 bridgehead atoms. The molecule has 2 heteroatoms. The van der Waals surface area contributed by atoms with Gasteiger partial charge in [-0.3, -0.25) is 0 Å². The van der Waals surface area contributed by atoms with Crippen molar-refractivity contribution in [2.24, 2.45) is 17.8 Å². The summed E-state index contributed by atoms with van der Waals surface area (Å²) in [4.78, 5) is 0. The average Bonchev–Trinajstić information content (AvgIpc) is 2.96. The normalized spacial score (nSPS) is 33.5. The second-order valence-corrected chi connectivity index (χ2v) is 6.73. The maximum Gasteiger partial charge on any atom is 0.0495 e. The van der Waals surface area contributed by atoms with Crippen molar-refractivity contribution < 1.29 is 4.74 Å². The van der Waals surface area contributed by atoms with E-state index in [1.807, 2.05) is 0 Å². The van der Waals surface area contributed by atoms with Crippen LogP contribution in [0.4, 0.5) is 0 Å². The molecule has 1 aliphatic heterocycles. The van der Waals surface area contributed by atoms with Crippen LogP contribution in [0.25, 0.3) is 0 Å². The largest absolute Gasteiger partial charge is 0.381 e. The maximum atomic E-state index is 5.56. The van der Waals surface area contributed by atoms with E-state index in [1.54, 1.807) is 0 Å². The van der Waals surface area contributed by atoms with Gasteiger partial charge in [0.1, 0.15) is 0 Å². The van der Waals surface area contributed by atoms with E-state index < -0.39 is 0 Å². The summed E-state index contributed by atoms with van der Waals surface area (Å²) >= 11 is 0. The van der Waals surface area contributed by atoms with Crippen LogP contribution in [0.1, 0.15) is 65.2 Å². The summed E-state index contributed by atoms with van der Waals surface area (Å²) in [5.74, 6) is 2.73. The maximum absolute atomic E-state index is 5.56. The minimum absolute atomic E-state index is 0.751. The highest BCUT2D eigenvalue weighted by Gasteiger charge is 2.30. The highest BCUT2D eigenvalue weighted by atomic mass is 16.5. The van der Waals surface area contributed by atoms with Crippen molar-refractivity contribution in [3.05, 3.63) is 0 Å². The molecule has 1 saturated heterocycles. The molecular formula is C17H33NO. The fourth-order valence-electron chi connectivity index (χ4n) is 3.97. The predicted octanol–water partition coefficient (Wildman–Crippen LogP) is 4.00. The Hall–Kier alpha value is -0.0800. The monoisotopic (exact) mass is 267 g/mol. The Morgan fingerprint density at radius 3 is 2.74 bits per heavy atom. The fraction of sp³-hybridized carbons (Fsp3) is 1.00. The molecule has 4 unspecified atom stereocenters. The minimum atomic E-state index is 0.751. The summed E-state index contributed by atoms with van der Waals surface area (Å²) in [5, 5.41) is 3.86. The van der Waals surface area contributed by atoms with Gasteiger partial charge in [0.25, 0.3) is 0 Å². The standard InChI is InChI=1S/C17H33NO/c1-3-9-18-17(12-15-8-10-19-13-15)16-7-5-6-14(4-2)11-16/h14-18H,3-13H2,1-2H3. The number of ether oxygens (including phenoxy) is 1. The lowest BCUT2D eigenvalue weighted by Gasteiger charge is -2.36. The summed E-state index contributed by atoms with van der Waals surface area (Å²) in [7, 11) is 0. The zero-order chi connectivity index (χ0) is 13.5. The Morgan fingerprint density at radius 1 is 1.16 bits per heavy atom. The molecule has 4 atom stereocenters. The van der Waals surface area contributed by atoms with E-state index in [4.69, 9.17) is 4.74 Å². The van der Waals surface area contributed by atoms with Crippen LogP contribution >= 0.6 is 0 Å². The number of nitrogens with one attached hydrogen (secondary N) is 1. The van der Waals surface area contributed by atoms with Gasteiger partial charge in [0.05, 0.1) is 0 Å². The van der Waals surface area contributed by atoms with E-state index in [-0.39, 0.29) is 0 Å². The molecule has 2 aliphatic rings. The van der Waals surface area contributed by atoms with Crippen molar-refractivity contribution in [3.63, 3.8) is 0 Å². The van der Waals surface area contributed by atoms with E-state index in [0.717, 1.165) is 37.0 Å². The molecule has 0 aromatic heterocycles. The molecule has 0 amide bonds. The molecule has 1 aliphatic carbocycles. The molecule has 1 N–H and O–H groups in total. The molecule has 0 aromatic carbocycles. The number of hydrogen-bond donors (Lipinski definition) is 1. The minimum Gasteiger partial charge on any atom is -0.381 e. The molecule has 1 saturated carbocycles. The van der Waals surface area contributed by atoms with Crippen LogP contribution in [-0.2, 0) is 4.74 Å². The Bertz CT molecular complexity index is 237. The lowest BCUT2D eigenvalue weighted by Crippen LogP contribution is -2.40. The lowest BCUT2D eigenvalue weighted by molar-refractivity contribution is 0.162. The molecule has 2 fully saturated rings. The first-order chi connectivity index (χ1) is 9.33. The van der Waals surface area contributed by atoms with E-state index in [9.17, 15) is 0 Å². The first-order valence-electron chi connectivity index (χ1n) is 8.64. The fourth-order valence-corrected chi connectivity index (χ4v) is 3.97. The second-order valence-electron chi connectivity index (χ2n) is 6.73. The van der Waals surface area contributed by atoms with Crippen molar-refractivity contribution in [3.8, 4) is 0 Å². The molecule has 19 heavy (non-hydrogen) atoms. The predicted molar refractivity (Wildman–Crippen MR) is 81.4 cm³/mol. The van der Waals surface area contributed by atoms with Gasteiger partial charge in [0, 0.05) is 19.3 Å². The summed E-state index contributed by atoms with van der Waals surface area (Å²) in [5.41, 5.74) is 0. The van der Waals surface area contributed by atoms with Gasteiger partial charge in [-0.25, -0.2) is 0 Å². The Kier molecular flexibility index (Phi) is 6.66. The summed E-state index contributed by atoms with van der Waals surface area (Å²) in [6.07, 6.45) is 11.1. The zero-order valence-electron chi connectivity index (χ0n) is 13.0. The second kappa shape index (κ2) is 8.26. The first kappa shape index (κ1) is 15.3. The van der Waals surface area contributed by atoms with E-state index in [1.165, 1.54) is 57.9 Å². The molecule has 0 radical (unpaired) electrons. The van der Waals surface area contributed by atoms with Gasteiger partial charge in [0.15, 0.2) is 0 Å². The van der Waals surface area contributed by atoms with Crippen LogP contribution in [0.2, 0.25) is 0 Å². The third-order valence-electron chi connectivity index (χ3n) is 5.24. The van der Waals surface area contributed by atoms with Crippen LogP contribution in [-0.4, -0.2) is 25.8 Å². The van der Waals surface area contributed by atoms with Gasteiger partial charge in [-0.1, -0.05) is 33.1 Å². The van der Waals surface area contributed by atoms with Crippen LogP contribution < -0.4 is 5.32 Å². The van der Waals surface area contributed by atoms with Gasteiger partial charge in [-0.15, -0.1) is 0 Å². The van der Waals surface area contributed by atoms with Crippen LogP contribution in [0.3, 0.4) is 0 Å². The summed E-state index contributed by atoms with van der Waals surface area (Å²) < 4.78 is 5.56. The molecule has 1 heterocycles. The van der Waals surface area contributed by atoms with Gasteiger partial charge in [-0.05, 0) is 56.4 Å². The van der Waals surface area contributed by atoms with Crippen molar-refractivity contribution in [1.29, 1.82) is 0 Å². The van der Waals surface area contributed by atoms with E-state index in [2.05, 4.69) is 19.2 Å². The van der Waals surface area contributed by atoms with Gasteiger partial charge >= 0.3 is 0 Å². The van der Waals surface area contributed by atoms with Gasteiger partial charge in [-0.2, -0.15) is 0 Å². The third kappa shape index (κ3) is 4.75. The lowest BCUT2D eigenvalue weighted by atomic mass is 9.75. The quantitative estimate of drug-likeness (QED) is 0.753. The Labute approximate surface area is 119 Å². The zero-order valence-corrected chi connectivity index (χ0v) is 13.0.